The van der Waals surface area contributed by atoms with Crippen molar-refractivity contribution < 1.29 is 9.53 Å². The van der Waals surface area contributed by atoms with Gasteiger partial charge in [0.2, 0.25) is 0 Å². The summed E-state index contributed by atoms with van der Waals surface area (Å²) in [5.74, 6) is -0.108. The molecule has 1 aliphatic heterocycles. The third-order valence-electron chi connectivity index (χ3n) is 3.63. The lowest BCUT2D eigenvalue weighted by Gasteiger charge is -2.25. The van der Waals surface area contributed by atoms with E-state index < -0.39 is 0 Å². The second-order valence-corrected chi connectivity index (χ2v) is 4.73. The van der Waals surface area contributed by atoms with E-state index in [1.165, 1.54) is 11.1 Å². The first kappa shape index (κ1) is 13.1. The Morgan fingerprint density at radius 2 is 1.83 bits per heavy atom. The van der Waals surface area contributed by atoms with Crippen LogP contribution in [0.2, 0.25) is 0 Å². The van der Waals surface area contributed by atoms with Crippen molar-refractivity contribution in [2.75, 3.05) is 19.7 Å². The van der Waals surface area contributed by atoms with Gasteiger partial charge in [-0.2, -0.15) is 0 Å². The van der Waals surface area contributed by atoms with Crippen LogP contribution in [0.25, 0.3) is 0 Å². The lowest BCUT2D eigenvalue weighted by atomic mass is 10.0. The highest BCUT2D eigenvalue weighted by atomic mass is 16.5. The molecule has 18 heavy (non-hydrogen) atoms. The second kappa shape index (κ2) is 6.01. The molecule has 3 heteroatoms. The average molecular weight is 247 g/mol. The zero-order valence-electron chi connectivity index (χ0n) is 11.2. The van der Waals surface area contributed by atoms with Crippen molar-refractivity contribution in [3.05, 3.63) is 35.4 Å². The quantitative estimate of drug-likeness (QED) is 0.766. The lowest BCUT2D eigenvalue weighted by molar-refractivity contribution is -0.148. The number of carbonyl (C=O) groups excluding carboxylic acids is 1. The van der Waals surface area contributed by atoms with E-state index in [2.05, 4.69) is 29.2 Å². The van der Waals surface area contributed by atoms with E-state index in [0.717, 1.165) is 25.9 Å². The van der Waals surface area contributed by atoms with Crippen molar-refractivity contribution in [1.29, 1.82) is 0 Å². The Balaban J connectivity index is 2.01. The number of benzene rings is 1. The van der Waals surface area contributed by atoms with E-state index in [9.17, 15) is 4.79 Å². The van der Waals surface area contributed by atoms with Gasteiger partial charge in [-0.15, -0.1) is 0 Å². The average Bonchev–Trinajstić information content (AvgIpc) is 2.60. The van der Waals surface area contributed by atoms with Crippen LogP contribution in [0.3, 0.4) is 0 Å². The van der Waals surface area contributed by atoms with Crippen molar-refractivity contribution in [2.45, 2.75) is 32.7 Å². The summed E-state index contributed by atoms with van der Waals surface area (Å²) in [7, 11) is 0. The molecule has 0 aromatic heterocycles. The van der Waals surface area contributed by atoms with E-state index in [-0.39, 0.29) is 12.0 Å². The fraction of sp³-hybridized carbons (Fsp3) is 0.533. The van der Waals surface area contributed by atoms with E-state index in [1.54, 1.807) is 0 Å². The van der Waals surface area contributed by atoms with Gasteiger partial charge in [0.25, 0.3) is 0 Å². The first-order chi connectivity index (χ1) is 8.72. The lowest BCUT2D eigenvalue weighted by Crippen LogP contribution is -2.41. The Hall–Kier alpha value is -1.35. The zero-order chi connectivity index (χ0) is 13.0. The van der Waals surface area contributed by atoms with Crippen molar-refractivity contribution in [3.63, 3.8) is 0 Å². The largest absolute Gasteiger partial charge is 0.465 e. The predicted molar refractivity (Wildman–Crippen MR) is 71.5 cm³/mol. The zero-order valence-corrected chi connectivity index (χ0v) is 11.2. The van der Waals surface area contributed by atoms with Gasteiger partial charge >= 0.3 is 5.97 Å². The maximum atomic E-state index is 11.8. The van der Waals surface area contributed by atoms with Crippen LogP contribution in [-0.4, -0.2) is 36.6 Å². The Bertz CT molecular complexity index is 390. The number of hydrogen-bond acceptors (Lipinski definition) is 3. The molecule has 1 aliphatic rings. The summed E-state index contributed by atoms with van der Waals surface area (Å²) in [5.41, 5.74) is 2.83. The van der Waals surface area contributed by atoms with Crippen molar-refractivity contribution in [3.8, 4) is 0 Å². The van der Waals surface area contributed by atoms with Gasteiger partial charge < -0.3 is 4.74 Å². The second-order valence-electron chi connectivity index (χ2n) is 4.73. The molecule has 3 nitrogen and oxygen atoms in total. The van der Waals surface area contributed by atoms with Crippen LogP contribution >= 0.6 is 0 Å². The van der Waals surface area contributed by atoms with Crippen LogP contribution in [0, 0.1) is 0 Å². The monoisotopic (exact) mass is 247 g/mol. The molecule has 98 valence electrons. The molecule has 0 aliphatic carbocycles. The van der Waals surface area contributed by atoms with E-state index in [0.29, 0.717) is 6.61 Å². The molecule has 0 N–H and O–H groups in total. The van der Waals surface area contributed by atoms with Crippen molar-refractivity contribution in [2.24, 2.45) is 0 Å². The Morgan fingerprint density at radius 1 is 1.28 bits per heavy atom. The molecule has 0 radical (unpaired) electrons. The summed E-state index contributed by atoms with van der Waals surface area (Å²) in [6, 6.07) is 8.41. The highest BCUT2D eigenvalue weighted by Gasteiger charge is 2.24. The van der Waals surface area contributed by atoms with Crippen LogP contribution in [0.5, 0.6) is 0 Å². The standard InChI is InChI=1S/C15H21NO2/c1-3-18-15(17)12(2)16-10-8-13-6-4-5-7-14(13)9-11-16/h4-7,12H,3,8-11H2,1-2H3. The van der Waals surface area contributed by atoms with Crippen LogP contribution in [0.4, 0.5) is 0 Å². The summed E-state index contributed by atoms with van der Waals surface area (Å²) < 4.78 is 5.09. The molecule has 0 fully saturated rings. The molecule has 0 amide bonds. The highest BCUT2D eigenvalue weighted by Crippen LogP contribution is 2.17. The number of rotatable bonds is 3. The molecular weight excluding hydrogens is 226 g/mol. The maximum Gasteiger partial charge on any atom is 0.323 e. The van der Waals surface area contributed by atoms with Gasteiger partial charge in [-0.1, -0.05) is 24.3 Å². The third-order valence-corrected chi connectivity index (χ3v) is 3.63. The smallest absolute Gasteiger partial charge is 0.323 e. The molecule has 0 saturated heterocycles. The summed E-state index contributed by atoms with van der Waals surface area (Å²) >= 11 is 0. The number of fused-ring (bicyclic) bond motifs is 1. The number of ether oxygens (including phenoxy) is 1. The fourth-order valence-electron chi connectivity index (χ4n) is 2.48. The van der Waals surface area contributed by atoms with Crippen LogP contribution in [0.15, 0.2) is 24.3 Å². The van der Waals surface area contributed by atoms with E-state index in [4.69, 9.17) is 4.74 Å². The van der Waals surface area contributed by atoms with Crippen LogP contribution < -0.4 is 0 Å². The molecule has 0 bridgehead atoms. The summed E-state index contributed by atoms with van der Waals surface area (Å²) in [6.07, 6.45) is 2.03. The summed E-state index contributed by atoms with van der Waals surface area (Å²) in [6.45, 7) is 6.10. The Morgan fingerprint density at radius 3 is 2.33 bits per heavy atom. The molecule has 1 aromatic rings. The first-order valence-corrected chi connectivity index (χ1v) is 6.70. The van der Waals surface area contributed by atoms with Gasteiger partial charge in [0.15, 0.2) is 0 Å². The molecular formula is C15H21NO2. The first-order valence-electron chi connectivity index (χ1n) is 6.70. The van der Waals surface area contributed by atoms with E-state index >= 15 is 0 Å². The number of nitrogens with zero attached hydrogens (tertiary/aromatic N) is 1. The molecule has 2 rings (SSSR count). The molecule has 1 heterocycles. The van der Waals surface area contributed by atoms with E-state index in [1.807, 2.05) is 13.8 Å². The van der Waals surface area contributed by atoms with Crippen molar-refractivity contribution >= 4 is 5.97 Å². The van der Waals surface area contributed by atoms with Gasteiger partial charge in [-0.05, 0) is 37.8 Å². The van der Waals surface area contributed by atoms with Crippen LogP contribution in [0.1, 0.15) is 25.0 Å². The SMILES string of the molecule is CCOC(=O)C(C)N1CCc2ccccc2CC1. The van der Waals surface area contributed by atoms with Gasteiger partial charge in [0, 0.05) is 13.1 Å². The number of hydrogen-bond donors (Lipinski definition) is 0. The minimum atomic E-state index is -0.140. The molecule has 1 unspecified atom stereocenters. The van der Waals surface area contributed by atoms with Gasteiger partial charge in [-0.3, -0.25) is 9.69 Å². The third kappa shape index (κ3) is 2.91. The van der Waals surface area contributed by atoms with Crippen molar-refractivity contribution in [1.82, 2.24) is 4.90 Å². The molecule has 1 aromatic carbocycles. The Labute approximate surface area is 109 Å². The Kier molecular flexibility index (Phi) is 4.37. The molecule has 0 spiro atoms. The predicted octanol–water partition coefficient (Wildman–Crippen LogP) is 2.04. The number of carbonyl (C=O) groups is 1. The van der Waals surface area contributed by atoms with Crippen LogP contribution in [-0.2, 0) is 22.4 Å². The summed E-state index contributed by atoms with van der Waals surface area (Å²) in [5, 5.41) is 0. The molecule has 0 saturated carbocycles. The molecule has 1 atom stereocenters. The fourth-order valence-corrected chi connectivity index (χ4v) is 2.48. The van der Waals surface area contributed by atoms with Gasteiger partial charge in [-0.25, -0.2) is 0 Å². The highest BCUT2D eigenvalue weighted by molar-refractivity contribution is 5.75. The maximum absolute atomic E-state index is 11.8. The normalized spacial score (nSPS) is 17.7. The summed E-state index contributed by atoms with van der Waals surface area (Å²) in [4.78, 5) is 14.0. The van der Waals surface area contributed by atoms with Gasteiger partial charge in [0.05, 0.1) is 6.61 Å². The van der Waals surface area contributed by atoms with Gasteiger partial charge in [0.1, 0.15) is 6.04 Å². The topological polar surface area (TPSA) is 29.5 Å². The minimum Gasteiger partial charge on any atom is -0.465 e. The minimum absolute atomic E-state index is 0.108. The number of esters is 1.